The molecule has 0 radical (unpaired) electrons. The molecule has 0 spiro atoms. The molecule has 17 heavy (non-hydrogen) atoms. The van der Waals surface area contributed by atoms with Gasteiger partial charge in [0.2, 0.25) is 6.33 Å². The maximum atomic E-state index is 4.36. The van der Waals surface area contributed by atoms with Crippen molar-refractivity contribution in [2.45, 2.75) is 26.3 Å². The molecule has 4 heteroatoms. The molecule has 0 aromatic carbocycles. The second-order valence-electron chi connectivity index (χ2n) is 4.19. The highest BCUT2D eigenvalue weighted by atomic mass is 15.1. The van der Waals surface area contributed by atoms with Gasteiger partial charge in [-0.15, -0.1) is 0 Å². The van der Waals surface area contributed by atoms with Crippen LogP contribution in [0.2, 0.25) is 0 Å². The van der Waals surface area contributed by atoms with Crippen LogP contribution in [-0.4, -0.2) is 29.4 Å². The Balaban J connectivity index is 2.08. The lowest BCUT2D eigenvalue weighted by Gasteiger charge is -2.04. The van der Waals surface area contributed by atoms with Gasteiger partial charge in [0.15, 0.2) is 0 Å². The van der Waals surface area contributed by atoms with Gasteiger partial charge in [0.25, 0.3) is 0 Å². The average Bonchev–Trinajstić information content (AvgIpc) is 2.70. The third kappa shape index (κ3) is 5.90. The van der Waals surface area contributed by atoms with E-state index in [4.69, 9.17) is 0 Å². The van der Waals surface area contributed by atoms with E-state index in [9.17, 15) is 0 Å². The highest BCUT2D eigenvalue weighted by Crippen LogP contribution is 1.90. The Morgan fingerprint density at radius 1 is 1.41 bits per heavy atom. The first-order valence-corrected chi connectivity index (χ1v) is 6.08. The minimum Gasteiger partial charge on any atom is -0.343 e. The molecule has 0 amide bonds. The maximum Gasteiger partial charge on any atom is 0.243 e. The zero-order valence-electron chi connectivity index (χ0n) is 11.1. The largest absolute Gasteiger partial charge is 0.343 e. The first-order valence-electron chi connectivity index (χ1n) is 6.08. The molecule has 0 atom stereocenters. The fraction of sp³-hybridized carbons (Fsp3) is 0.538. The van der Waals surface area contributed by atoms with Gasteiger partial charge >= 0.3 is 0 Å². The summed E-state index contributed by atoms with van der Waals surface area (Å²) < 4.78 is 4.26. The quantitative estimate of drug-likeness (QED) is 0.305. The number of nitrogens with zero attached hydrogens (tertiary/aromatic N) is 4. The number of hydrogen-bond donors (Lipinski definition) is 0. The van der Waals surface area contributed by atoms with Crippen LogP contribution in [0.4, 0.5) is 0 Å². The smallest absolute Gasteiger partial charge is 0.243 e. The molecule has 0 aliphatic heterocycles. The summed E-state index contributed by atoms with van der Waals surface area (Å²) in [5, 5.41) is 0. The van der Waals surface area contributed by atoms with E-state index in [2.05, 4.69) is 32.8 Å². The Hall–Kier alpha value is -1.58. The van der Waals surface area contributed by atoms with Crippen LogP contribution in [-0.2, 0) is 13.6 Å². The second kappa shape index (κ2) is 7.65. The van der Waals surface area contributed by atoms with Gasteiger partial charge in [-0.3, -0.25) is 4.99 Å². The van der Waals surface area contributed by atoms with Crippen LogP contribution in [0.15, 0.2) is 36.0 Å². The number of hydrogen-bond acceptors (Lipinski definition) is 1. The molecule has 1 aromatic heterocycles. The molecular formula is C13H23N4+. The van der Waals surface area contributed by atoms with E-state index in [1.165, 1.54) is 6.42 Å². The van der Waals surface area contributed by atoms with Crippen LogP contribution in [0.25, 0.3) is 0 Å². The van der Waals surface area contributed by atoms with Gasteiger partial charge in [-0.2, -0.15) is 0 Å². The van der Waals surface area contributed by atoms with Crippen LogP contribution >= 0.6 is 0 Å². The number of aromatic nitrogens is 2. The minimum absolute atomic E-state index is 0.898. The van der Waals surface area contributed by atoms with Gasteiger partial charge in [-0.05, 0) is 19.8 Å². The molecule has 0 fully saturated rings. The third-order valence-electron chi connectivity index (χ3n) is 2.43. The lowest BCUT2D eigenvalue weighted by Crippen LogP contribution is -2.30. The Labute approximate surface area is 104 Å². The zero-order chi connectivity index (χ0) is 12.5. The number of unbranched alkanes of at least 4 members (excludes halogenated alkanes) is 1. The SMILES string of the molecule is C/C=C\N(C)/C=N/CCCC[n+]1ccn(C)c1. The minimum atomic E-state index is 0.898. The lowest BCUT2D eigenvalue weighted by molar-refractivity contribution is -0.696. The molecule has 1 rings (SSSR count). The maximum absolute atomic E-state index is 4.36. The van der Waals surface area contributed by atoms with Crippen LogP contribution in [0, 0.1) is 0 Å². The molecule has 0 saturated heterocycles. The van der Waals surface area contributed by atoms with Gasteiger partial charge in [0, 0.05) is 19.8 Å². The molecule has 1 heterocycles. The Kier molecular flexibility index (Phi) is 6.07. The van der Waals surface area contributed by atoms with Crippen LogP contribution in [0.1, 0.15) is 19.8 Å². The molecule has 1 aromatic rings. The van der Waals surface area contributed by atoms with Crippen molar-refractivity contribution in [1.82, 2.24) is 9.47 Å². The topological polar surface area (TPSA) is 24.4 Å². The summed E-state index contributed by atoms with van der Waals surface area (Å²) in [5.41, 5.74) is 0. The number of aliphatic imine (C=N–C) groups is 1. The average molecular weight is 235 g/mol. The normalized spacial score (nSPS) is 11.7. The van der Waals surface area contributed by atoms with Gasteiger partial charge in [-0.25, -0.2) is 9.13 Å². The summed E-state index contributed by atoms with van der Waals surface area (Å²) in [6.07, 6.45) is 14.4. The summed E-state index contributed by atoms with van der Waals surface area (Å²) in [7, 11) is 4.03. The zero-order valence-corrected chi connectivity index (χ0v) is 11.1. The number of allylic oxidation sites excluding steroid dienone is 1. The first kappa shape index (κ1) is 13.5. The molecule has 0 unspecified atom stereocenters. The van der Waals surface area contributed by atoms with Crippen molar-refractivity contribution < 1.29 is 4.57 Å². The van der Waals surface area contributed by atoms with Crippen LogP contribution in [0.3, 0.4) is 0 Å². The first-order chi connectivity index (χ1) is 8.22. The van der Waals surface area contributed by atoms with Crippen molar-refractivity contribution in [3.8, 4) is 0 Å². The van der Waals surface area contributed by atoms with E-state index in [1.807, 2.05) is 44.5 Å². The number of rotatable bonds is 7. The van der Waals surface area contributed by atoms with Crippen molar-refractivity contribution in [2.24, 2.45) is 12.0 Å². The predicted octanol–water partition coefficient (Wildman–Crippen LogP) is 1.59. The van der Waals surface area contributed by atoms with E-state index in [-0.39, 0.29) is 0 Å². The molecule has 0 aliphatic carbocycles. The van der Waals surface area contributed by atoms with Gasteiger partial charge in [-0.1, -0.05) is 6.08 Å². The van der Waals surface area contributed by atoms with E-state index < -0.39 is 0 Å². The van der Waals surface area contributed by atoms with Crippen LogP contribution in [0.5, 0.6) is 0 Å². The summed E-state index contributed by atoms with van der Waals surface area (Å²) in [6, 6.07) is 0. The van der Waals surface area contributed by atoms with E-state index in [0.29, 0.717) is 0 Å². The highest BCUT2D eigenvalue weighted by molar-refractivity contribution is 5.55. The molecule has 94 valence electrons. The lowest BCUT2D eigenvalue weighted by atomic mass is 10.3. The van der Waals surface area contributed by atoms with Crippen molar-refractivity contribution in [1.29, 1.82) is 0 Å². The third-order valence-corrected chi connectivity index (χ3v) is 2.43. The molecule has 4 nitrogen and oxygen atoms in total. The van der Waals surface area contributed by atoms with Gasteiger partial charge in [0.05, 0.1) is 19.9 Å². The molecule has 0 saturated carbocycles. The van der Waals surface area contributed by atoms with Crippen molar-refractivity contribution >= 4 is 6.34 Å². The highest BCUT2D eigenvalue weighted by Gasteiger charge is 1.98. The van der Waals surface area contributed by atoms with Gasteiger partial charge < -0.3 is 4.90 Å². The fourth-order valence-electron chi connectivity index (χ4n) is 1.59. The van der Waals surface area contributed by atoms with Gasteiger partial charge in [0.1, 0.15) is 12.4 Å². The Morgan fingerprint density at radius 3 is 2.88 bits per heavy atom. The summed E-state index contributed by atoms with van der Waals surface area (Å²) in [6.45, 7) is 3.97. The summed E-state index contributed by atoms with van der Waals surface area (Å²) in [4.78, 5) is 6.33. The van der Waals surface area contributed by atoms with E-state index in [0.717, 1.165) is 19.5 Å². The van der Waals surface area contributed by atoms with Crippen molar-refractivity contribution in [3.05, 3.63) is 31.0 Å². The van der Waals surface area contributed by atoms with E-state index in [1.54, 1.807) is 0 Å². The molecule has 0 bridgehead atoms. The Morgan fingerprint density at radius 2 is 2.24 bits per heavy atom. The predicted molar refractivity (Wildman–Crippen MR) is 70.8 cm³/mol. The van der Waals surface area contributed by atoms with Crippen molar-refractivity contribution in [2.75, 3.05) is 13.6 Å². The Bertz CT molecular complexity index is 365. The number of aryl methyl sites for hydroxylation is 2. The second-order valence-corrected chi connectivity index (χ2v) is 4.19. The van der Waals surface area contributed by atoms with Crippen LogP contribution < -0.4 is 4.57 Å². The number of imidazole rings is 1. The molecular weight excluding hydrogens is 212 g/mol. The molecule has 0 N–H and O–H groups in total. The van der Waals surface area contributed by atoms with Crippen molar-refractivity contribution in [3.63, 3.8) is 0 Å². The monoisotopic (exact) mass is 235 g/mol. The summed E-state index contributed by atoms with van der Waals surface area (Å²) in [5.74, 6) is 0. The van der Waals surface area contributed by atoms with E-state index >= 15 is 0 Å². The fourth-order valence-corrected chi connectivity index (χ4v) is 1.59. The summed E-state index contributed by atoms with van der Waals surface area (Å²) >= 11 is 0. The standard InChI is InChI=1S/C13H23N4/c1-4-8-15(2)12-14-7-5-6-9-17-11-10-16(3)13-17/h4,8,10-13H,5-7,9H2,1-3H3/q+1/b8-4-,14-12+. The molecule has 0 aliphatic rings.